The topological polar surface area (TPSA) is 237 Å². The first-order chi connectivity index (χ1) is 46.6. The smallest absolute Gasteiger partial charge is 0.462 e. The highest BCUT2D eigenvalue weighted by molar-refractivity contribution is 7.47. The number of phosphoric ester groups is 2. The monoisotopic (exact) mass is 1420 g/mol. The molecule has 0 fully saturated rings. The summed E-state index contributed by atoms with van der Waals surface area (Å²) in [5.41, 5.74) is 0. The summed E-state index contributed by atoms with van der Waals surface area (Å²) in [4.78, 5) is 72.9. The Balaban J connectivity index is 5.25. The van der Waals surface area contributed by atoms with Gasteiger partial charge in [-0.3, -0.25) is 37.3 Å². The van der Waals surface area contributed by atoms with Gasteiger partial charge in [0.1, 0.15) is 19.3 Å². The largest absolute Gasteiger partial charge is 0.472 e. The van der Waals surface area contributed by atoms with Crippen molar-refractivity contribution in [3.8, 4) is 0 Å². The molecule has 0 amide bonds. The molecule has 0 aromatic heterocycles. The standard InChI is InChI=1S/C78H152O17P2/c1-9-71(8)57-49-41-33-27-28-36-45-53-61-78(83)95-74(65-89-76(81)59-51-43-37-29-32-40-48-56-70(6)7)67-93-97(86,87)91-63-72(79)62-90-96(84,85)92-66-73(64-88-75(80)58-50-42-34-25-21-17-14-13-16-20-24-31-39-47-55-69(4)5)94-77(82)60-52-44-35-26-22-18-12-10-11-15-19-23-30-38-46-54-68(2)3/h68-74,79H,9-67H2,1-8H3,(H,84,85)(H,86,87)/t71?,72?,73-,74-/m1/s1. The molecular formula is C78H152O17P2. The Bertz CT molecular complexity index is 1900. The number of phosphoric acid groups is 2. The highest BCUT2D eigenvalue weighted by atomic mass is 31.2. The summed E-state index contributed by atoms with van der Waals surface area (Å²) in [6.45, 7) is 14.2. The average molecular weight is 1420 g/mol. The fourth-order valence-electron chi connectivity index (χ4n) is 11.9. The van der Waals surface area contributed by atoms with Crippen LogP contribution in [0.25, 0.3) is 0 Å². The van der Waals surface area contributed by atoms with Crippen molar-refractivity contribution >= 4 is 39.5 Å². The second-order valence-electron chi connectivity index (χ2n) is 29.8. The van der Waals surface area contributed by atoms with E-state index in [1.54, 1.807) is 0 Å². The Kier molecular flexibility index (Phi) is 65.9. The fourth-order valence-corrected chi connectivity index (χ4v) is 13.5. The molecule has 4 unspecified atom stereocenters. The van der Waals surface area contributed by atoms with Crippen LogP contribution in [0.3, 0.4) is 0 Å². The number of ether oxygens (including phenoxy) is 4. The lowest BCUT2D eigenvalue weighted by atomic mass is 9.99. The van der Waals surface area contributed by atoms with Gasteiger partial charge in [-0.05, 0) is 49.4 Å². The van der Waals surface area contributed by atoms with E-state index >= 15 is 0 Å². The van der Waals surface area contributed by atoms with E-state index in [4.69, 9.17) is 37.0 Å². The van der Waals surface area contributed by atoms with Crippen LogP contribution in [0, 0.1) is 23.7 Å². The molecule has 17 nitrogen and oxygen atoms in total. The maximum absolute atomic E-state index is 13.1. The molecule has 0 saturated heterocycles. The molecule has 0 aromatic rings. The molecule has 0 aliphatic rings. The summed E-state index contributed by atoms with van der Waals surface area (Å²) in [6, 6.07) is 0. The maximum Gasteiger partial charge on any atom is 0.472 e. The summed E-state index contributed by atoms with van der Waals surface area (Å²) in [7, 11) is -9.92. The van der Waals surface area contributed by atoms with Crippen LogP contribution in [0.4, 0.5) is 0 Å². The lowest BCUT2D eigenvalue weighted by molar-refractivity contribution is -0.161. The minimum atomic E-state index is -4.96. The van der Waals surface area contributed by atoms with Gasteiger partial charge in [-0.2, -0.15) is 0 Å². The van der Waals surface area contributed by atoms with Gasteiger partial charge in [-0.1, -0.05) is 344 Å². The van der Waals surface area contributed by atoms with Gasteiger partial charge in [0, 0.05) is 25.7 Å². The molecule has 19 heteroatoms. The van der Waals surface area contributed by atoms with Crippen molar-refractivity contribution in [3.63, 3.8) is 0 Å². The lowest BCUT2D eigenvalue weighted by Gasteiger charge is -2.21. The van der Waals surface area contributed by atoms with Crippen molar-refractivity contribution < 1.29 is 80.2 Å². The average Bonchev–Trinajstić information content (AvgIpc) is 1.20. The SMILES string of the molecule is CCC(C)CCCCCCCCCCC(=O)O[C@H](COC(=O)CCCCCCCCCC(C)C)COP(=O)(O)OCC(O)COP(=O)(O)OC[C@@H](COC(=O)CCCCCCCCCCCCCCCCC(C)C)OC(=O)CCCCCCCCCCCCCCCCCC(C)C. The van der Waals surface area contributed by atoms with E-state index in [1.807, 2.05) is 0 Å². The number of unbranched alkanes of at least 4 members (excludes halogenated alkanes) is 40. The quantitative estimate of drug-likeness (QED) is 0.0222. The van der Waals surface area contributed by atoms with E-state index < -0.39 is 97.5 Å². The molecule has 0 heterocycles. The van der Waals surface area contributed by atoms with Crippen LogP contribution < -0.4 is 0 Å². The molecule has 0 aliphatic carbocycles. The number of carbonyl (C=O) groups excluding carboxylic acids is 4. The van der Waals surface area contributed by atoms with Gasteiger partial charge in [-0.25, -0.2) is 9.13 Å². The van der Waals surface area contributed by atoms with Crippen molar-refractivity contribution in [2.75, 3.05) is 39.6 Å². The third kappa shape index (κ3) is 70.9. The molecule has 0 radical (unpaired) electrons. The summed E-state index contributed by atoms with van der Waals surface area (Å²) in [5.74, 6) is 0.956. The van der Waals surface area contributed by atoms with Crippen molar-refractivity contribution in [2.45, 2.75) is 414 Å². The van der Waals surface area contributed by atoms with E-state index in [9.17, 15) is 43.2 Å². The number of hydrogen-bond acceptors (Lipinski definition) is 15. The highest BCUT2D eigenvalue weighted by Gasteiger charge is 2.30. The maximum atomic E-state index is 13.1. The van der Waals surface area contributed by atoms with Gasteiger partial charge < -0.3 is 33.8 Å². The van der Waals surface area contributed by atoms with Crippen LogP contribution in [0.15, 0.2) is 0 Å². The van der Waals surface area contributed by atoms with Gasteiger partial charge in [0.15, 0.2) is 12.2 Å². The molecule has 0 bridgehead atoms. The predicted molar refractivity (Wildman–Crippen MR) is 395 cm³/mol. The Morgan fingerprint density at radius 2 is 0.495 bits per heavy atom. The molecule has 0 rings (SSSR count). The zero-order valence-electron chi connectivity index (χ0n) is 63.7. The molecule has 576 valence electrons. The number of rotatable bonds is 75. The van der Waals surface area contributed by atoms with Crippen molar-refractivity contribution in [2.24, 2.45) is 23.7 Å². The van der Waals surface area contributed by atoms with Crippen LogP contribution in [0.2, 0.25) is 0 Å². The van der Waals surface area contributed by atoms with Crippen LogP contribution in [-0.4, -0.2) is 96.7 Å². The second kappa shape index (κ2) is 67.2. The Morgan fingerprint density at radius 1 is 0.289 bits per heavy atom. The van der Waals surface area contributed by atoms with E-state index in [-0.39, 0.29) is 25.7 Å². The van der Waals surface area contributed by atoms with Gasteiger partial charge in [0.05, 0.1) is 26.4 Å². The molecule has 0 saturated carbocycles. The van der Waals surface area contributed by atoms with Gasteiger partial charge >= 0.3 is 39.5 Å². The highest BCUT2D eigenvalue weighted by Crippen LogP contribution is 2.45. The van der Waals surface area contributed by atoms with E-state index in [0.717, 1.165) is 114 Å². The molecule has 0 aromatic carbocycles. The molecule has 97 heavy (non-hydrogen) atoms. The first-order valence-electron chi connectivity index (χ1n) is 40.2. The Morgan fingerprint density at radius 3 is 0.732 bits per heavy atom. The van der Waals surface area contributed by atoms with E-state index in [0.29, 0.717) is 31.6 Å². The van der Waals surface area contributed by atoms with Gasteiger partial charge in [0.25, 0.3) is 0 Å². The summed E-state index contributed by atoms with van der Waals surface area (Å²) < 4.78 is 68.6. The number of hydrogen-bond donors (Lipinski definition) is 3. The lowest BCUT2D eigenvalue weighted by Crippen LogP contribution is -2.30. The Labute approximate surface area is 594 Å². The molecule has 0 spiro atoms. The van der Waals surface area contributed by atoms with Gasteiger partial charge in [-0.15, -0.1) is 0 Å². The minimum Gasteiger partial charge on any atom is -0.462 e. The van der Waals surface area contributed by atoms with E-state index in [2.05, 4.69) is 55.4 Å². The first-order valence-corrected chi connectivity index (χ1v) is 43.2. The Hall–Kier alpha value is -1.94. The third-order valence-corrected chi connectivity index (χ3v) is 20.3. The number of carbonyl (C=O) groups is 4. The van der Waals surface area contributed by atoms with E-state index in [1.165, 1.54) is 193 Å². The normalized spacial score (nSPS) is 14.4. The zero-order valence-corrected chi connectivity index (χ0v) is 65.5. The molecule has 0 aliphatic heterocycles. The van der Waals surface area contributed by atoms with Gasteiger partial charge in [0.2, 0.25) is 0 Å². The van der Waals surface area contributed by atoms with Crippen LogP contribution in [0.5, 0.6) is 0 Å². The third-order valence-electron chi connectivity index (χ3n) is 18.4. The number of aliphatic hydroxyl groups is 1. The number of aliphatic hydroxyl groups excluding tert-OH is 1. The zero-order chi connectivity index (χ0) is 71.7. The van der Waals surface area contributed by atoms with Crippen molar-refractivity contribution in [3.05, 3.63) is 0 Å². The summed E-state index contributed by atoms with van der Waals surface area (Å²) in [6.07, 6.45) is 52.8. The van der Waals surface area contributed by atoms with Crippen LogP contribution in [0.1, 0.15) is 396 Å². The fraction of sp³-hybridized carbons (Fsp3) is 0.949. The molecule has 3 N–H and O–H groups in total. The van der Waals surface area contributed by atoms with Crippen LogP contribution >= 0.6 is 15.6 Å². The summed E-state index contributed by atoms with van der Waals surface area (Å²) >= 11 is 0. The predicted octanol–water partition coefficient (Wildman–Crippen LogP) is 22.8. The van der Waals surface area contributed by atoms with Crippen molar-refractivity contribution in [1.29, 1.82) is 0 Å². The summed E-state index contributed by atoms with van der Waals surface area (Å²) in [5, 5.41) is 10.6. The number of esters is 4. The molecular weight excluding hydrogens is 1270 g/mol. The van der Waals surface area contributed by atoms with Crippen LogP contribution in [-0.2, 0) is 65.4 Å². The minimum absolute atomic E-state index is 0.104. The first kappa shape index (κ1) is 95.1. The van der Waals surface area contributed by atoms with Crippen molar-refractivity contribution in [1.82, 2.24) is 0 Å². The second-order valence-corrected chi connectivity index (χ2v) is 32.7. The molecule has 6 atom stereocenters.